The van der Waals surface area contributed by atoms with E-state index in [1.54, 1.807) is 49.7 Å². The molecule has 0 unspecified atom stereocenters. The van der Waals surface area contributed by atoms with Crippen molar-refractivity contribution in [1.29, 1.82) is 5.26 Å². The number of hydrogen-bond donors (Lipinski definition) is 2. The normalized spacial score (nSPS) is 10.6. The Morgan fingerprint density at radius 3 is 2.50 bits per heavy atom. The van der Waals surface area contributed by atoms with E-state index in [1.165, 1.54) is 0 Å². The van der Waals surface area contributed by atoms with E-state index in [4.69, 9.17) is 5.26 Å². The molecular weight excluding hydrogens is 404 g/mol. The second-order valence-electron chi connectivity index (χ2n) is 7.61. The van der Waals surface area contributed by atoms with Gasteiger partial charge in [0.25, 0.3) is 5.91 Å². The Morgan fingerprint density at radius 1 is 1.09 bits per heavy atom. The molecule has 4 aromatic rings. The molecule has 160 valence electrons. The fourth-order valence-electron chi connectivity index (χ4n) is 3.25. The van der Waals surface area contributed by atoms with Crippen molar-refractivity contribution in [2.75, 3.05) is 24.7 Å². The van der Waals surface area contributed by atoms with Gasteiger partial charge in [0, 0.05) is 38.5 Å². The summed E-state index contributed by atoms with van der Waals surface area (Å²) in [7, 11) is 5.33. The van der Waals surface area contributed by atoms with Crippen molar-refractivity contribution in [3.8, 4) is 6.07 Å². The maximum absolute atomic E-state index is 12.1. The summed E-state index contributed by atoms with van der Waals surface area (Å²) in [6.07, 6.45) is 3.33. The zero-order chi connectivity index (χ0) is 22.8. The van der Waals surface area contributed by atoms with E-state index < -0.39 is 0 Å². The number of fused-ring (bicyclic) bond motifs is 1. The first-order chi connectivity index (χ1) is 15.4. The van der Waals surface area contributed by atoms with E-state index >= 15 is 0 Å². The molecule has 0 aliphatic heterocycles. The van der Waals surface area contributed by atoms with E-state index in [0.717, 1.165) is 28.1 Å². The van der Waals surface area contributed by atoms with Gasteiger partial charge in [-0.25, -0.2) is 15.0 Å². The van der Waals surface area contributed by atoms with E-state index in [2.05, 4.69) is 25.6 Å². The van der Waals surface area contributed by atoms with Crippen LogP contribution in [0.3, 0.4) is 0 Å². The molecule has 3 heterocycles. The summed E-state index contributed by atoms with van der Waals surface area (Å²) in [5.74, 6) is 0.558. The quantitative estimate of drug-likeness (QED) is 0.500. The van der Waals surface area contributed by atoms with Crippen LogP contribution in [-0.2, 0) is 7.05 Å². The second kappa shape index (κ2) is 8.35. The van der Waals surface area contributed by atoms with Gasteiger partial charge < -0.3 is 20.1 Å². The maximum atomic E-state index is 12.1. The summed E-state index contributed by atoms with van der Waals surface area (Å²) >= 11 is 0. The Bertz CT molecular complexity index is 1350. The fraction of sp³-hybridized carbons (Fsp3) is 0.174. The number of imidazole rings is 1. The van der Waals surface area contributed by atoms with Gasteiger partial charge in [-0.05, 0) is 42.8 Å². The molecule has 3 aromatic heterocycles. The molecule has 0 aliphatic rings. The molecule has 0 saturated carbocycles. The van der Waals surface area contributed by atoms with Gasteiger partial charge >= 0.3 is 0 Å². The average molecular weight is 426 g/mol. The highest BCUT2D eigenvalue weighted by molar-refractivity contribution is 5.95. The van der Waals surface area contributed by atoms with Crippen LogP contribution in [0.4, 0.5) is 22.9 Å². The summed E-state index contributed by atoms with van der Waals surface area (Å²) in [5, 5.41) is 15.7. The van der Waals surface area contributed by atoms with Gasteiger partial charge in [0.2, 0.25) is 0 Å². The lowest BCUT2D eigenvalue weighted by molar-refractivity contribution is 0.0827. The van der Waals surface area contributed by atoms with Crippen molar-refractivity contribution >= 4 is 40.0 Å². The Kier molecular flexibility index (Phi) is 5.43. The van der Waals surface area contributed by atoms with Gasteiger partial charge in [-0.15, -0.1) is 0 Å². The highest BCUT2D eigenvalue weighted by atomic mass is 16.2. The molecule has 0 atom stereocenters. The number of pyridine rings is 2. The smallest absolute Gasteiger partial charge is 0.253 e. The molecule has 0 radical (unpaired) electrons. The lowest BCUT2D eigenvalue weighted by atomic mass is 10.2. The molecule has 32 heavy (non-hydrogen) atoms. The number of anilines is 4. The lowest BCUT2D eigenvalue weighted by Gasteiger charge is -2.13. The second-order valence-corrected chi connectivity index (χ2v) is 7.61. The standard InChI is InChI=1S/C23H22N8O/c1-14-9-17(11-24)25-12-19(14)28-20-10-18(21-22(29-20)31(4)13-26-21)27-16-7-5-15(6-8-16)23(32)30(2)3/h5-10,12-13H,1-4H3,(H2,27,28,29). The topological polar surface area (TPSA) is 112 Å². The van der Waals surface area contributed by atoms with Gasteiger partial charge in [-0.1, -0.05) is 0 Å². The summed E-state index contributed by atoms with van der Waals surface area (Å²) in [4.78, 5) is 27.0. The van der Waals surface area contributed by atoms with Crippen molar-refractivity contribution in [2.45, 2.75) is 6.92 Å². The van der Waals surface area contributed by atoms with Crippen LogP contribution < -0.4 is 10.6 Å². The van der Waals surface area contributed by atoms with Crippen LogP contribution in [0.5, 0.6) is 0 Å². The molecule has 0 fully saturated rings. The van der Waals surface area contributed by atoms with Gasteiger partial charge in [0.15, 0.2) is 5.65 Å². The number of nitrogens with one attached hydrogen (secondary N) is 2. The minimum absolute atomic E-state index is 0.0505. The molecule has 0 aliphatic carbocycles. The Labute approximate surface area is 185 Å². The molecule has 9 heteroatoms. The molecule has 0 saturated heterocycles. The first-order valence-corrected chi connectivity index (χ1v) is 9.90. The lowest BCUT2D eigenvalue weighted by Crippen LogP contribution is -2.21. The predicted molar refractivity (Wildman–Crippen MR) is 123 cm³/mol. The molecule has 1 amide bonds. The maximum Gasteiger partial charge on any atom is 0.253 e. The van der Waals surface area contributed by atoms with Gasteiger partial charge in [0.05, 0.1) is 23.9 Å². The Hall–Kier alpha value is -4.45. The SMILES string of the molecule is Cc1cc(C#N)ncc1Nc1cc(Nc2ccc(C(=O)N(C)C)cc2)c2ncn(C)c2n1. The molecule has 4 rings (SSSR count). The first-order valence-electron chi connectivity index (χ1n) is 9.90. The van der Waals surface area contributed by atoms with Crippen molar-refractivity contribution < 1.29 is 4.79 Å². The van der Waals surface area contributed by atoms with Gasteiger partial charge in [-0.3, -0.25) is 4.79 Å². The molecular formula is C23H22N8O. The monoisotopic (exact) mass is 426 g/mol. The van der Waals surface area contributed by atoms with E-state index in [9.17, 15) is 4.79 Å². The van der Waals surface area contributed by atoms with Crippen LogP contribution in [0.1, 0.15) is 21.6 Å². The van der Waals surface area contributed by atoms with Crippen LogP contribution >= 0.6 is 0 Å². The molecule has 0 spiro atoms. The summed E-state index contributed by atoms with van der Waals surface area (Å²) in [5.41, 5.74) is 5.64. The Balaban J connectivity index is 1.67. The zero-order valence-electron chi connectivity index (χ0n) is 18.2. The highest BCUT2D eigenvalue weighted by Crippen LogP contribution is 2.29. The number of rotatable bonds is 5. The van der Waals surface area contributed by atoms with E-state index in [0.29, 0.717) is 22.7 Å². The Morgan fingerprint density at radius 2 is 1.84 bits per heavy atom. The zero-order valence-corrected chi connectivity index (χ0v) is 18.2. The number of carbonyl (C=O) groups is 1. The molecule has 1 aromatic carbocycles. The number of nitriles is 1. The highest BCUT2D eigenvalue weighted by Gasteiger charge is 2.13. The van der Waals surface area contributed by atoms with E-state index in [1.807, 2.05) is 42.8 Å². The number of benzene rings is 1. The van der Waals surface area contributed by atoms with Gasteiger partial charge in [0.1, 0.15) is 23.1 Å². The van der Waals surface area contributed by atoms with Crippen LogP contribution in [0.2, 0.25) is 0 Å². The van der Waals surface area contributed by atoms with Crippen LogP contribution in [0.15, 0.2) is 48.9 Å². The van der Waals surface area contributed by atoms with Crippen molar-refractivity contribution in [2.24, 2.45) is 7.05 Å². The first kappa shape index (κ1) is 20.8. The number of aryl methyl sites for hydroxylation is 2. The predicted octanol–water partition coefficient (Wildman–Crippen LogP) is 3.73. The number of aromatic nitrogens is 4. The minimum atomic E-state index is -0.0505. The van der Waals surface area contributed by atoms with Crippen molar-refractivity contribution in [3.63, 3.8) is 0 Å². The summed E-state index contributed by atoms with van der Waals surface area (Å²) < 4.78 is 1.84. The number of nitrogens with zero attached hydrogens (tertiary/aromatic N) is 6. The molecule has 0 bridgehead atoms. The van der Waals surface area contributed by atoms with Crippen LogP contribution in [0.25, 0.3) is 11.2 Å². The van der Waals surface area contributed by atoms with E-state index in [-0.39, 0.29) is 5.91 Å². The third kappa shape index (κ3) is 4.06. The third-order valence-electron chi connectivity index (χ3n) is 4.97. The summed E-state index contributed by atoms with van der Waals surface area (Å²) in [6.45, 7) is 1.91. The number of amides is 1. The fourth-order valence-corrected chi connectivity index (χ4v) is 3.25. The largest absolute Gasteiger partial charge is 0.354 e. The minimum Gasteiger partial charge on any atom is -0.354 e. The molecule has 2 N–H and O–H groups in total. The molecule has 9 nitrogen and oxygen atoms in total. The van der Waals surface area contributed by atoms with Crippen molar-refractivity contribution in [1.82, 2.24) is 24.4 Å². The van der Waals surface area contributed by atoms with Crippen LogP contribution in [0, 0.1) is 18.3 Å². The number of hydrogen-bond acceptors (Lipinski definition) is 7. The third-order valence-corrected chi connectivity index (χ3v) is 4.97. The van der Waals surface area contributed by atoms with Gasteiger partial charge in [-0.2, -0.15) is 5.26 Å². The van der Waals surface area contributed by atoms with Crippen molar-refractivity contribution in [3.05, 3.63) is 65.7 Å². The summed E-state index contributed by atoms with van der Waals surface area (Å²) in [6, 6.07) is 12.9. The average Bonchev–Trinajstić information content (AvgIpc) is 3.16. The van der Waals surface area contributed by atoms with Crippen LogP contribution in [-0.4, -0.2) is 44.4 Å². The number of carbonyl (C=O) groups excluding carboxylic acids is 1.